The summed E-state index contributed by atoms with van der Waals surface area (Å²) in [7, 11) is 2.06. The van der Waals surface area contributed by atoms with Gasteiger partial charge < -0.3 is 0 Å². The van der Waals surface area contributed by atoms with Gasteiger partial charge in [0, 0.05) is 0 Å². The molecule has 3 heteroatoms. The summed E-state index contributed by atoms with van der Waals surface area (Å²) in [5.41, 5.74) is 0. The average molecular weight is 307 g/mol. The van der Waals surface area contributed by atoms with E-state index in [0.29, 0.717) is 0 Å². The van der Waals surface area contributed by atoms with Crippen molar-refractivity contribution in [3.63, 3.8) is 0 Å². The van der Waals surface area contributed by atoms with Crippen molar-refractivity contribution < 1.29 is 0 Å². The number of hydrogen-bond acceptors (Lipinski definition) is 1. The van der Waals surface area contributed by atoms with E-state index >= 15 is 0 Å². The number of benzene rings is 1. The topological polar surface area (TPSA) is 0 Å². The zero-order chi connectivity index (χ0) is 9.19. The zero-order valence-corrected chi connectivity index (χ0v) is 12.0. The molecule has 0 atom stereocenters. The molecule has 0 fully saturated rings. The van der Waals surface area contributed by atoms with Crippen molar-refractivity contribution in [2.24, 2.45) is 0 Å². The molecule has 66 valence electrons. The third-order valence-corrected chi connectivity index (χ3v) is 9.87. The Balaban J connectivity index is 2.71. The van der Waals surface area contributed by atoms with Crippen LogP contribution >= 0.6 is 20.5 Å². The van der Waals surface area contributed by atoms with Crippen LogP contribution in [0.15, 0.2) is 29.2 Å². The van der Waals surface area contributed by atoms with Gasteiger partial charge in [-0.05, 0) is 0 Å². The van der Waals surface area contributed by atoms with Crippen LogP contribution in [0.1, 0.15) is 0 Å². The van der Waals surface area contributed by atoms with Gasteiger partial charge in [0.25, 0.3) is 0 Å². The van der Waals surface area contributed by atoms with Gasteiger partial charge in [0.05, 0.1) is 0 Å². The predicted molar refractivity (Wildman–Crippen MR) is 60.7 cm³/mol. The average Bonchev–Trinajstić information content (AvgIpc) is 1.91. The molecule has 0 aromatic heterocycles. The molecule has 1 aromatic carbocycles. The minimum atomic E-state index is -1.71. The van der Waals surface area contributed by atoms with E-state index in [4.69, 9.17) is 11.6 Å². The fourth-order valence-electron chi connectivity index (χ4n) is 0.856. The van der Waals surface area contributed by atoms with Crippen molar-refractivity contribution in [3.8, 4) is 0 Å². The molecule has 0 aliphatic rings. The molecule has 1 aromatic rings. The van der Waals surface area contributed by atoms with Crippen molar-refractivity contribution in [2.75, 3.05) is 0 Å². The second-order valence-electron chi connectivity index (χ2n) is 3.67. The van der Waals surface area contributed by atoms with Crippen LogP contribution in [0.25, 0.3) is 0 Å². The van der Waals surface area contributed by atoms with Crippen LogP contribution in [0, 0.1) is 0 Å². The van der Waals surface area contributed by atoms with Gasteiger partial charge in [-0.1, -0.05) is 0 Å². The van der Waals surface area contributed by atoms with Crippen LogP contribution in [-0.4, -0.2) is 17.0 Å². The van der Waals surface area contributed by atoms with E-state index in [9.17, 15) is 0 Å². The van der Waals surface area contributed by atoms with E-state index in [1.807, 2.05) is 12.1 Å². The molecule has 1 rings (SSSR count). The molecule has 0 saturated heterocycles. The van der Waals surface area contributed by atoms with Gasteiger partial charge in [-0.2, -0.15) is 0 Å². The predicted octanol–water partition coefficient (Wildman–Crippen LogP) is 4.27. The minimum absolute atomic E-state index is 0.823. The first kappa shape index (κ1) is 10.7. The van der Waals surface area contributed by atoms with E-state index in [1.54, 1.807) is 0 Å². The molecule has 0 nitrogen and oxygen atoms in total. The second kappa shape index (κ2) is 4.25. The van der Waals surface area contributed by atoms with Crippen LogP contribution in [0.2, 0.25) is 19.8 Å². The summed E-state index contributed by atoms with van der Waals surface area (Å²) in [4.78, 5) is 8.60. The first-order valence-corrected chi connectivity index (χ1v) is 17.2. The molecular weight excluding hydrogens is 294 g/mol. The molecule has 0 aliphatic heterocycles. The van der Waals surface area contributed by atoms with Crippen LogP contribution in [0.3, 0.4) is 0 Å². The molecule has 0 aliphatic carbocycles. The number of rotatable bonds is 2. The molecular formula is C9H13ClSSn. The van der Waals surface area contributed by atoms with E-state index in [1.165, 1.54) is 4.90 Å². The molecule has 0 bridgehead atoms. The first-order chi connectivity index (χ1) is 5.47. The van der Waals surface area contributed by atoms with Crippen molar-refractivity contribution in [2.45, 2.75) is 19.7 Å². The Bertz CT molecular complexity index is 250. The van der Waals surface area contributed by atoms with Gasteiger partial charge in [0.15, 0.2) is 0 Å². The Hall–Kier alpha value is 0.659. The van der Waals surface area contributed by atoms with E-state index in [0.717, 1.165) is 5.02 Å². The summed E-state index contributed by atoms with van der Waals surface area (Å²) >= 11 is 4.08. The van der Waals surface area contributed by atoms with Crippen LogP contribution < -0.4 is 0 Å². The number of hydrogen-bond donors (Lipinski definition) is 0. The van der Waals surface area contributed by atoms with Gasteiger partial charge in [-0.3, -0.25) is 0 Å². The molecule has 0 unspecified atom stereocenters. The standard InChI is InChI=1S/C6H5ClS.3CH3.Sn/c7-5-1-3-6(8)4-2-5;;;;/h1-4,8H;3*1H3;/q;;;;+1/p-1. The first-order valence-electron chi connectivity index (χ1n) is 3.92. The molecule has 0 N–H and O–H groups in total. The molecule has 0 amide bonds. The van der Waals surface area contributed by atoms with Crippen molar-refractivity contribution in [1.29, 1.82) is 0 Å². The maximum absolute atomic E-state index is 5.79. The van der Waals surface area contributed by atoms with Gasteiger partial charge in [-0.25, -0.2) is 0 Å². The number of halogens is 1. The Morgan fingerprint density at radius 1 is 1.08 bits per heavy atom. The van der Waals surface area contributed by atoms with Crippen molar-refractivity contribution in [1.82, 2.24) is 0 Å². The van der Waals surface area contributed by atoms with Crippen LogP contribution in [0.4, 0.5) is 0 Å². The summed E-state index contributed by atoms with van der Waals surface area (Å²) in [5.74, 6) is 0. The molecule has 12 heavy (non-hydrogen) atoms. The second-order valence-corrected chi connectivity index (χ2v) is 26.8. The van der Waals surface area contributed by atoms with Gasteiger partial charge in [0.1, 0.15) is 0 Å². The van der Waals surface area contributed by atoms with Gasteiger partial charge in [-0.15, -0.1) is 0 Å². The fourth-order valence-corrected chi connectivity index (χ4v) is 9.18. The Labute approximate surface area is 86.0 Å². The quantitative estimate of drug-likeness (QED) is 0.735. The maximum atomic E-state index is 5.79. The third kappa shape index (κ3) is 4.06. The van der Waals surface area contributed by atoms with Crippen LogP contribution in [0.5, 0.6) is 0 Å². The van der Waals surface area contributed by atoms with Gasteiger partial charge in [0.2, 0.25) is 0 Å². The monoisotopic (exact) mass is 308 g/mol. The van der Waals surface area contributed by atoms with Crippen molar-refractivity contribution in [3.05, 3.63) is 29.3 Å². The molecule has 0 radical (unpaired) electrons. The van der Waals surface area contributed by atoms with Crippen molar-refractivity contribution >= 4 is 37.5 Å². The van der Waals surface area contributed by atoms with E-state index in [2.05, 4.69) is 35.9 Å². The molecule has 0 saturated carbocycles. The molecule has 0 spiro atoms. The fraction of sp³-hybridized carbons (Fsp3) is 0.333. The third-order valence-electron chi connectivity index (χ3n) is 1.24. The van der Waals surface area contributed by atoms with Crippen LogP contribution in [-0.2, 0) is 0 Å². The molecule has 0 heterocycles. The Morgan fingerprint density at radius 3 is 2.00 bits per heavy atom. The summed E-state index contributed by atoms with van der Waals surface area (Å²) < 4.78 is 0. The summed E-state index contributed by atoms with van der Waals surface area (Å²) in [6.07, 6.45) is 0. The summed E-state index contributed by atoms with van der Waals surface area (Å²) in [6, 6.07) is 8.13. The summed E-state index contributed by atoms with van der Waals surface area (Å²) in [6.45, 7) is 0. The van der Waals surface area contributed by atoms with E-state index in [-0.39, 0.29) is 0 Å². The van der Waals surface area contributed by atoms with E-state index < -0.39 is 17.0 Å². The van der Waals surface area contributed by atoms with Gasteiger partial charge >= 0.3 is 86.5 Å². The Kier molecular flexibility index (Phi) is 3.80. The Morgan fingerprint density at radius 2 is 1.58 bits per heavy atom. The SMILES string of the molecule is [CH3][Sn]([CH3])([CH3])[S]c1ccc(Cl)cc1. The zero-order valence-electron chi connectivity index (χ0n) is 7.60. The normalized spacial score (nSPS) is 11.7. The summed E-state index contributed by atoms with van der Waals surface area (Å²) in [5, 5.41) is 0.823.